The zero-order chi connectivity index (χ0) is 14.7. The second-order valence-corrected chi connectivity index (χ2v) is 5.36. The number of oxime groups is 1. The van der Waals surface area contributed by atoms with Crippen molar-refractivity contribution in [3.8, 4) is 0 Å². The molecule has 4 N–H and O–H groups in total. The van der Waals surface area contributed by atoms with E-state index in [-0.39, 0.29) is 11.7 Å². The molecule has 2 aromatic rings. The number of nitrogens with zero attached hydrogens (tertiary/aromatic N) is 1. The van der Waals surface area contributed by atoms with Crippen LogP contribution >= 0.6 is 15.9 Å². The van der Waals surface area contributed by atoms with Crippen molar-refractivity contribution in [2.24, 2.45) is 16.8 Å². The lowest BCUT2D eigenvalue weighted by Gasteiger charge is -2.11. The van der Waals surface area contributed by atoms with Gasteiger partial charge in [-0.2, -0.15) is 0 Å². The normalized spacial score (nSPS) is 13.2. The quantitative estimate of drug-likeness (QED) is 0.349. The minimum absolute atomic E-state index is 0.118. The molecule has 0 bridgehead atoms. The second-order valence-electron chi connectivity index (χ2n) is 4.44. The highest BCUT2D eigenvalue weighted by Gasteiger charge is 2.17. The van der Waals surface area contributed by atoms with Gasteiger partial charge in [0.2, 0.25) is 5.91 Å². The van der Waals surface area contributed by atoms with Crippen LogP contribution in [0.15, 0.2) is 46.0 Å². The van der Waals surface area contributed by atoms with Crippen LogP contribution in [0.4, 0.5) is 5.69 Å². The van der Waals surface area contributed by atoms with Crippen LogP contribution in [-0.2, 0) is 4.79 Å². The molecule has 20 heavy (non-hydrogen) atoms. The van der Waals surface area contributed by atoms with E-state index in [1.54, 1.807) is 6.92 Å². The molecule has 0 saturated heterocycles. The molecule has 1 amide bonds. The summed E-state index contributed by atoms with van der Waals surface area (Å²) in [5, 5.41) is 16.2. The molecule has 0 aromatic heterocycles. The summed E-state index contributed by atoms with van der Waals surface area (Å²) in [5.41, 5.74) is 6.08. The van der Waals surface area contributed by atoms with Crippen LogP contribution < -0.4 is 11.1 Å². The number of halogens is 1. The molecular weight excluding hydrogens is 322 g/mol. The summed E-state index contributed by atoms with van der Waals surface area (Å²) in [4.78, 5) is 11.9. The molecule has 104 valence electrons. The Morgan fingerprint density at radius 1 is 1.30 bits per heavy atom. The highest BCUT2D eigenvalue weighted by Crippen LogP contribution is 2.23. The number of hydrogen-bond donors (Lipinski definition) is 3. The van der Waals surface area contributed by atoms with Crippen LogP contribution in [0, 0.1) is 5.92 Å². The Kier molecular flexibility index (Phi) is 4.24. The fourth-order valence-electron chi connectivity index (χ4n) is 1.77. The predicted octanol–water partition coefficient (Wildman–Crippen LogP) is 2.92. The molecule has 0 aliphatic heterocycles. The predicted molar refractivity (Wildman–Crippen MR) is 82.9 cm³/mol. The molecule has 0 radical (unpaired) electrons. The van der Waals surface area contributed by atoms with Crippen molar-refractivity contribution >= 4 is 44.1 Å². The van der Waals surface area contributed by atoms with E-state index in [1.807, 2.05) is 36.4 Å². The topological polar surface area (TPSA) is 87.7 Å². The Balaban J connectivity index is 2.22. The number of carbonyl (C=O) groups is 1. The summed E-state index contributed by atoms with van der Waals surface area (Å²) in [7, 11) is 0. The number of hydrogen-bond acceptors (Lipinski definition) is 3. The highest BCUT2D eigenvalue weighted by molar-refractivity contribution is 9.10. The third kappa shape index (κ3) is 3.08. The van der Waals surface area contributed by atoms with Gasteiger partial charge in [0, 0.05) is 10.2 Å². The maximum Gasteiger partial charge on any atom is 0.234 e. The number of anilines is 1. The summed E-state index contributed by atoms with van der Waals surface area (Å²) >= 11 is 3.41. The molecule has 0 aliphatic rings. The number of nitrogens with one attached hydrogen (secondary N) is 1. The van der Waals surface area contributed by atoms with E-state index in [0.29, 0.717) is 5.69 Å². The number of amides is 1. The van der Waals surface area contributed by atoms with Crippen molar-refractivity contribution < 1.29 is 10.0 Å². The molecule has 0 aliphatic carbocycles. The van der Waals surface area contributed by atoms with Gasteiger partial charge in [-0.05, 0) is 42.0 Å². The first kappa shape index (κ1) is 14.3. The van der Waals surface area contributed by atoms with Crippen LogP contribution in [0.5, 0.6) is 0 Å². The van der Waals surface area contributed by atoms with E-state index < -0.39 is 5.92 Å². The SMILES string of the molecule is CC(C(=O)Nc1ccc2cc(Br)ccc2c1)/C(N)=N/O. The van der Waals surface area contributed by atoms with Gasteiger partial charge in [0.1, 0.15) is 0 Å². The fourth-order valence-corrected chi connectivity index (χ4v) is 2.14. The van der Waals surface area contributed by atoms with Gasteiger partial charge < -0.3 is 16.3 Å². The molecule has 2 rings (SSSR count). The number of benzene rings is 2. The van der Waals surface area contributed by atoms with Crippen LogP contribution in [-0.4, -0.2) is 17.0 Å². The van der Waals surface area contributed by atoms with Gasteiger partial charge >= 0.3 is 0 Å². The summed E-state index contributed by atoms with van der Waals surface area (Å²) in [5.74, 6) is -1.13. The largest absolute Gasteiger partial charge is 0.409 e. The van der Waals surface area contributed by atoms with E-state index >= 15 is 0 Å². The summed E-state index contributed by atoms with van der Waals surface area (Å²) in [6.45, 7) is 1.57. The van der Waals surface area contributed by atoms with E-state index in [1.165, 1.54) is 0 Å². The monoisotopic (exact) mass is 335 g/mol. The first-order valence-electron chi connectivity index (χ1n) is 5.99. The number of rotatable bonds is 3. The van der Waals surface area contributed by atoms with Gasteiger partial charge in [-0.1, -0.05) is 33.2 Å². The maximum absolute atomic E-state index is 11.9. The molecule has 0 saturated carbocycles. The summed E-state index contributed by atoms with van der Waals surface area (Å²) in [6, 6.07) is 11.5. The molecule has 0 spiro atoms. The Morgan fingerprint density at radius 3 is 2.65 bits per heavy atom. The highest BCUT2D eigenvalue weighted by atomic mass is 79.9. The molecule has 0 heterocycles. The van der Waals surface area contributed by atoms with Gasteiger partial charge in [-0.3, -0.25) is 4.79 Å². The van der Waals surface area contributed by atoms with E-state index in [9.17, 15) is 4.79 Å². The Morgan fingerprint density at radius 2 is 1.95 bits per heavy atom. The third-order valence-electron chi connectivity index (χ3n) is 3.02. The van der Waals surface area contributed by atoms with Crippen molar-refractivity contribution in [1.29, 1.82) is 0 Å². The molecule has 6 heteroatoms. The second kappa shape index (κ2) is 5.92. The van der Waals surface area contributed by atoms with Crippen molar-refractivity contribution in [2.75, 3.05) is 5.32 Å². The Labute approximate surface area is 124 Å². The average molecular weight is 336 g/mol. The van der Waals surface area contributed by atoms with Crippen LogP contribution in [0.25, 0.3) is 10.8 Å². The lowest BCUT2D eigenvalue weighted by atomic mass is 10.1. The minimum atomic E-state index is -0.694. The number of carbonyl (C=O) groups excluding carboxylic acids is 1. The summed E-state index contributed by atoms with van der Waals surface area (Å²) in [6.07, 6.45) is 0. The minimum Gasteiger partial charge on any atom is -0.409 e. The Hall–Kier alpha value is -2.08. The van der Waals surface area contributed by atoms with Crippen molar-refractivity contribution in [1.82, 2.24) is 0 Å². The van der Waals surface area contributed by atoms with E-state index in [4.69, 9.17) is 10.9 Å². The molecule has 1 unspecified atom stereocenters. The first-order chi connectivity index (χ1) is 9.51. The number of fused-ring (bicyclic) bond motifs is 1. The van der Waals surface area contributed by atoms with Crippen LogP contribution in [0.1, 0.15) is 6.92 Å². The molecule has 1 atom stereocenters. The van der Waals surface area contributed by atoms with E-state index in [2.05, 4.69) is 26.4 Å². The molecular formula is C14H14BrN3O2. The first-order valence-corrected chi connectivity index (χ1v) is 6.78. The van der Waals surface area contributed by atoms with Crippen LogP contribution in [0.3, 0.4) is 0 Å². The number of amidine groups is 1. The third-order valence-corrected chi connectivity index (χ3v) is 3.52. The lowest BCUT2D eigenvalue weighted by Crippen LogP contribution is -2.32. The van der Waals surface area contributed by atoms with Crippen LogP contribution in [0.2, 0.25) is 0 Å². The average Bonchev–Trinajstić information content (AvgIpc) is 2.45. The van der Waals surface area contributed by atoms with Gasteiger partial charge in [0.25, 0.3) is 0 Å². The van der Waals surface area contributed by atoms with Gasteiger partial charge in [-0.15, -0.1) is 0 Å². The summed E-state index contributed by atoms with van der Waals surface area (Å²) < 4.78 is 1.00. The van der Waals surface area contributed by atoms with E-state index in [0.717, 1.165) is 15.2 Å². The lowest BCUT2D eigenvalue weighted by molar-refractivity contribution is -0.117. The zero-order valence-corrected chi connectivity index (χ0v) is 12.4. The maximum atomic E-state index is 11.9. The standard InChI is InChI=1S/C14H14BrN3O2/c1-8(13(16)18-20)14(19)17-12-5-3-9-6-11(15)4-2-10(9)7-12/h2-8,20H,1H3,(H2,16,18)(H,17,19). The fraction of sp³-hybridized carbons (Fsp3) is 0.143. The molecule has 2 aromatic carbocycles. The molecule has 0 fully saturated rings. The molecule has 5 nitrogen and oxygen atoms in total. The van der Waals surface area contributed by atoms with Gasteiger partial charge in [0.05, 0.1) is 5.92 Å². The zero-order valence-electron chi connectivity index (χ0n) is 10.8. The van der Waals surface area contributed by atoms with Crippen molar-refractivity contribution in [3.63, 3.8) is 0 Å². The van der Waals surface area contributed by atoms with Crippen molar-refractivity contribution in [3.05, 3.63) is 40.9 Å². The van der Waals surface area contributed by atoms with Gasteiger partial charge in [0.15, 0.2) is 5.84 Å². The van der Waals surface area contributed by atoms with Gasteiger partial charge in [-0.25, -0.2) is 0 Å². The number of nitrogens with two attached hydrogens (primary N) is 1. The van der Waals surface area contributed by atoms with Crippen molar-refractivity contribution in [2.45, 2.75) is 6.92 Å². The smallest absolute Gasteiger partial charge is 0.234 e. The Bertz CT molecular complexity index is 685.